The summed E-state index contributed by atoms with van der Waals surface area (Å²) in [7, 11) is 1.69. The van der Waals surface area contributed by atoms with Crippen molar-refractivity contribution in [3.63, 3.8) is 0 Å². The van der Waals surface area contributed by atoms with Crippen LogP contribution < -0.4 is 10.6 Å². The van der Waals surface area contributed by atoms with E-state index in [-0.39, 0.29) is 5.91 Å². The van der Waals surface area contributed by atoms with Gasteiger partial charge in [0.15, 0.2) is 0 Å². The van der Waals surface area contributed by atoms with Gasteiger partial charge < -0.3 is 10.6 Å². The van der Waals surface area contributed by atoms with E-state index in [1.165, 1.54) is 5.56 Å². The Morgan fingerprint density at radius 1 is 1.41 bits per heavy atom. The Hall–Kier alpha value is -1.10. The highest BCUT2D eigenvalue weighted by Crippen LogP contribution is 2.19. The molecule has 1 saturated heterocycles. The van der Waals surface area contributed by atoms with Gasteiger partial charge in [0.05, 0.1) is 6.54 Å². The van der Waals surface area contributed by atoms with Gasteiger partial charge in [0, 0.05) is 37.7 Å². The summed E-state index contributed by atoms with van der Waals surface area (Å²) in [6, 6.07) is 8.63. The van der Waals surface area contributed by atoms with Gasteiger partial charge >= 0.3 is 0 Å². The molecule has 1 fully saturated rings. The quantitative estimate of drug-likeness (QED) is 0.844. The number of amides is 1. The summed E-state index contributed by atoms with van der Waals surface area (Å²) in [4.78, 5) is 13.6. The molecule has 0 radical (unpaired) electrons. The first-order chi connectivity index (χ1) is 10.6. The third-order valence-electron chi connectivity index (χ3n) is 4.36. The maximum atomic E-state index is 11.4. The second kappa shape index (κ2) is 8.51. The van der Waals surface area contributed by atoms with E-state index < -0.39 is 0 Å². The molecule has 1 heterocycles. The maximum Gasteiger partial charge on any atom is 0.233 e. The second-order valence-corrected chi connectivity index (χ2v) is 6.52. The normalized spacial score (nSPS) is 18.1. The molecule has 1 aliphatic rings. The van der Waals surface area contributed by atoms with Gasteiger partial charge in [-0.25, -0.2) is 0 Å². The molecule has 0 saturated carbocycles. The third kappa shape index (κ3) is 5.27. The SMILES string of the molecule is CNC(=O)CN1CCC(NC[C@@H](C)c2cccc(Cl)c2)CC1. The molecule has 1 amide bonds. The van der Waals surface area contributed by atoms with Gasteiger partial charge in [0.1, 0.15) is 0 Å². The lowest BCUT2D eigenvalue weighted by molar-refractivity contribution is -0.122. The Bertz CT molecular complexity index is 487. The minimum Gasteiger partial charge on any atom is -0.358 e. The molecule has 22 heavy (non-hydrogen) atoms. The van der Waals surface area contributed by atoms with Crippen molar-refractivity contribution >= 4 is 17.5 Å². The van der Waals surface area contributed by atoms with Crippen LogP contribution >= 0.6 is 11.6 Å². The summed E-state index contributed by atoms with van der Waals surface area (Å²) in [5, 5.41) is 7.13. The van der Waals surface area contributed by atoms with Crippen LogP contribution in [0.3, 0.4) is 0 Å². The van der Waals surface area contributed by atoms with Crippen molar-refractivity contribution in [1.29, 1.82) is 0 Å². The van der Waals surface area contributed by atoms with Crippen molar-refractivity contribution < 1.29 is 4.79 Å². The van der Waals surface area contributed by atoms with Crippen molar-refractivity contribution in [1.82, 2.24) is 15.5 Å². The summed E-state index contributed by atoms with van der Waals surface area (Å²) >= 11 is 6.05. The molecule has 1 aromatic rings. The number of likely N-dealkylation sites (tertiary alicyclic amines) is 1. The van der Waals surface area contributed by atoms with Crippen LogP contribution in [0.25, 0.3) is 0 Å². The van der Waals surface area contributed by atoms with E-state index in [1.807, 2.05) is 18.2 Å². The van der Waals surface area contributed by atoms with Crippen molar-refractivity contribution in [2.24, 2.45) is 0 Å². The lowest BCUT2D eigenvalue weighted by Crippen LogP contribution is -2.46. The summed E-state index contributed by atoms with van der Waals surface area (Å²) in [6.07, 6.45) is 2.19. The van der Waals surface area contributed by atoms with Gasteiger partial charge in [-0.15, -0.1) is 0 Å². The molecule has 1 aliphatic heterocycles. The van der Waals surface area contributed by atoms with Gasteiger partial charge in [0.2, 0.25) is 5.91 Å². The van der Waals surface area contributed by atoms with Crippen LogP contribution in [-0.2, 0) is 4.79 Å². The summed E-state index contributed by atoms with van der Waals surface area (Å²) in [5.74, 6) is 0.545. The summed E-state index contributed by atoms with van der Waals surface area (Å²) in [5.41, 5.74) is 1.28. The molecule has 0 bridgehead atoms. The molecule has 0 unspecified atom stereocenters. The van der Waals surface area contributed by atoms with E-state index in [0.717, 1.165) is 37.5 Å². The van der Waals surface area contributed by atoms with Crippen molar-refractivity contribution in [3.05, 3.63) is 34.9 Å². The van der Waals surface area contributed by atoms with Crippen LogP contribution in [0.15, 0.2) is 24.3 Å². The largest absolute Gasteiger partial charge is 0.358 e. The Morgan fingerprint density at radius 2 is 2.14 bits per heavy atom. The van der Waals surface area contributed by atoms with E-state index >= 15 is 0 Å². The van der Waals surface area contributed by atoms with Gasteiger partial charge in [-0.2, -0.15) is 0 Å². The summed E-state index contributed by atoms with van der Waals surface area (Å²) in [6.45, 7) is 5.66. The molecular weight excluding hydrogens is 298 g/mol. The van der Waals surface area contributed by atoms with Gasteiger partial charge in [-0.1, -0.05) is 30.7 Å². The van der Waals surface area contributed by atoms with Crippen molar-refractivity contribution in [2.75, 3.05) is 33.2 Å². The fourth-order valence-electron chi connectivity index (χ4n) is 2.85. The molecule has 2 rings (SSSR count). The predicted octanol–water partition coefficient (Wildman–Crippen LogP) is 2.24. The first kappa shape index (κ1) is 17.3. The van der Waals surface area contributed by atoms with Gasteiger partial charge in [0.25, 0.3) is 0 Å². The van der Waals surface area contributed by atoms with E-state index in [0.29, 0.717) is 18.5 Å². The van der Waals surface area contributed by atoms with Gasteiger partial charge in [-0.3, -0.25) is 9.69 Å². The minimum atomic E-state index is 0.0981. The highest BCUT2D eigenvalue weighted by atomic mass is 35.5. The van der Waals surface area contributed by atoms with Crippen LogP contribution in [0.5, 0.6) is 0 Å². The monoisotopic (exact) mass is 323 g/mol. The highest BCUT2D eigenvalue weighted by Gasteiger charge is 2.20. The Kier molecular flexibility index (Phi) is 6.68. The average Bonchev–Trinajstić information content (AvgIpc) is 2.53. The maximum absolute atomic E-state index is 11.4. The number of nitrogens with one attached hydrogen (secondary N) is 2. The number of halogens is 1. The van der Waals surface area contributed by atoms with Crippen LogP contribution in [0, 0.1) is 0 Å². The lowest BCUT2D eigenvalue weighted by atomic mass is 9.99. The number of likely N-dealkylation sites (N-methyl/N-ethyl adjacent to an activating group) is 1. The molecule has 0 spiro atoms. The van der Waals surface area contributed by atoms with E-state index in [1.54, 1.807) is 7.05 Å². The first-order valence-corrected chi connectivity index (χ1v) is 8.38. The molecule has 0 aromatic heterocycles. The summed E-state index contributed by atoms with van der Waals surface area (Å²) < 4.78 is 0. The molecule has 0 aliphatic carbocycles. The fraction of sp³-hybridized carbons (Fsp3) is 0.588. The lowest BCUT2D eigenvalue weighted by Gasteiger charge is -2.32. The van der Waals surface area contributed by atoms with Crippen LogP contribution in [0.2, 0.25) is 5.02 Å². The molecule has 1 aromatic carbocycles. The number of rotatable bonds is 6. The number of hydrogen-bond acceptors (Lipinski definition) is 3. The zero-order valence-electron chi connectivity index (χ0n) is 13.4. The number of nitrogens with zero attached hydrogens (tertiary/aromatic N) is 1. The number of carbonyl (C=O) groups excluding carboxylic acids is 1. The average molecular weight is 324 g/mol. The molecule has 2 N–H and O–H groups in total. The fourth-order valence-corrected chi connectivity index (χ4v) is 3.05. The second-order valence-electron chi connectivity index (χ2n) is 6.09. The van der Waals surface area contributed by atoms with Crippen molar-refractivity contribution in [2.45, 2.75) is 31.7 Å². The number of hydrogen-bond donors (Lipinski definition) is 2. The van der Waals surface area contributed by atoms with Crippen LogP contribution in [0.4, 0.5) is 0 Å². The number of benzene rings is 1. The molecule has 1 atom stereocenters. The molecule has 122 valence electrons. The van der Waals surface area contributed by atoms with Crippen molar-refractivity contribution in [3.8, 4) is 0 Å². The first-order valence-electron chi connectivity index (χ1n) is 8.00. The molecular formula is C17H26ClN3O. The minimum absolute atomic E-state index is 0.0981. The molecule has 5 heteroatoms. The zero-order valence-corrected chi connectivity index (χ0v) is 14.2. The van der Waals surface area contributed by atoms with Gasteiger partial charge in [-0.05, 0) is 36.5 Å². The topological polar surface area (TPSA) is 44.4 Å². The number of piperidine rings is 1. The highest BCUT2D eigenvalue weighted by molar-refractivity contribution is 6.30. The van der Waals surface area contributed by atoms with E-state index in [4.69, 9.17) is 11.6 Å². The Labute approximate surface area is 138 Å². The Balaban J connectivity index is 1.71. The standard InChI is InChI=1S/C17H26ClN3O/c1-13(14-4-3-5-15(18)10-14)11-20-16-6-8-21(9-7-16)12-17(22)19-2/h3-5,10,13,16,20H,6-9,11-12H2,1-2H3,(H,19,22)/t13-/m1/s1. The van der Waals surface area contributed by atoms with Crippen LogP contribution in [0.1, 0.15) is 31.2 Å². The van der Waals surface area contributed by atoms with E-state index in [9.17, 15) is 4.79 Å². The number of carbonyl (C=O) groups is 1. The smallest absolute Gasteiger partial charge is 0.233 e. The predicted molar refractivity (Wildman–Crippen MR) is 91.4 cm³/mol. The third-order valence-corrected chi connectivity index (χ3v) is 4.60. The van der Waals surface area contributed by atoms with Crippen LogP contribution in [-0.4, -0.2) is 50.1 Å². The molecule has 4 nitrogen and oxygen atoms in total. The zero-order chi connectivity index (χ0) is 15.9. The van der Waals surface area contributed by atoms with E-state index in [2.05, 4.69) is 28.5 Å². The Morgan fingerprint density at radius 3 is 2.77 bits per heavy atom.